The third kappa shape index (κ3) is 5.65. The van der Waals surface area contributed by atoms with Crippen LogP contribution in [0.4, 0.5) is 0 Å². The van der Waals surface area contributed by atoms with Crippen molar-refractivity contribution in [3.63, 3.8) is 0 Å². The van der Waals surface area contributed by atoms with Crippen molar-refractivity contribution in [2.75, 3.05) is 0 Å². The van der Waals surface area contributed by atoms with E-state index in [0.29, 0.717) is 11.5 Å². The van der Waals surface area contributed by atoms with Gasteiger partial charge < -0.3 is 0 Å². The molecule has 0 saturated carbocycles. The van der Waals surface area contributed by atoms with Crippen molar-refractivity contribution < 1.29 is 0 Å². The summed E-state index contributed by atoms with van der Waals surface area (Å²) in [7, 11) is 0. The average Bonchev–Trinajstić information content (AvgIpc) is 3.26. The van der Waals surface area contributed by atoms with E-state index in [1.54, 1.807) is 12.4 Å². The average molecular weight is 690 g/mol. The fourth-order valence-electron chi connectivity index (χ4n) is 7.46. The van der Waals surface area contributed by atoms with Crippen molar-refractivity contribution in [3.05, 3.63) is 188 Å². The monoisotopic (exact) mass is 689 g/mol. The Bertz CT molecular complexity index is 2920. The second-order valence-corrected chi connectivity index (χ2v) is 13.3. The van der Waals surface area contributed by atoms with Gasteiger partial charge in [0.2, 0.25) is 0 Å². The van der Waals surface area contributed by atoms with Crippen molar-refractivity contribution in [2.24, 2.45) is 0 Å². The first kappa shape index (κ1) is 31.4. The first-order valence-corrected chi connectivity index (χ1v) is 18.0. The molecule has 0 aliphatic heterocycles. The lowest BCUT2D eigenvalue weighted by Gasteiger charge is -2.16. The maximum Gasteiger partial charge on any atom is 0.179 e. The molecule has 4 heterocycles. The number of nitrogens with zero attached hydrogens (tertiary/aromatic N) is 5. The zero-order valence-corrected chi connectivity index (χ0v) is 29.1. The van der Waals surface area contributed by atoms with Crippen LogP contribution in [0.25, 0.3) is 100 Å². The third-order valence-corrected chi connectivity index (χ3v) is 10.00. The lowest BCUT2D eigenvalue weighted by Crippen LogP contribution is -1.98. The molecule has 0 atom stereocenters. The van der Waals surface area contributed by atoms with Crippen LogP contribution in [0.1, 0.15) is 0 Å². The van der Waals surface area contributed by atoms with Crippen LogP contribution in [0.15, 0.2) is 188 Å². The van der Waals surface area contributed by atoms with E-state index >= 15 is 0 Å². The van der Waals surface area contributed by atoms with Crippen molar-refractivity contribution in [2.45, 2.75) is 0 Å². The van der Waals surface area contributed by atoms with Gasteiger partial charge >= 0.3 is 0 Å². The Morgan fingerprint density at radius 2 is 0.944 bits per heavy atom. The first-order chi connectivity index (χ1) is 26.8. The highest BCUT2D eigenvalue weighted by Gasteiger charge is 2.17. The van der Waals surface area contributed by atoms with Crippen LogP contribution in [0.2, 0.25) is 0 Å². The smallest absolute Gasteiger partial charge is 0.179 e. The second kappa shape index (κ2) is 13.3. The van der Waals surface area contributed by atoms with Crippen molar-refractivity contribution in [1.29, 1.82) is 0 Å². The Labute approximate surface area is 312 Å². The van der Waals surface area contributed by atoms with Crippen LogP contribution >= 0.6 is 0 Å². The molecule has 252 valence electrons. The molecular formula is C49H31N5. The number of rotatable bonds is 6. The summed E-state index contributed by atoms with van der Waals surface area (Å²) in [5, 5.41) is 5.78. The van der Waals surface area contributed by atoms with Gasteiger partial charge in [0, 0.05) is 28.9 Å². The molecular weight excluding hydrogens is 659 g/mol. The minimum Gasteiger partial charge on any atom is -0.255 e. The number of pyridine rings is 3. The van der Waals surface area contributed by atoms with Gasteiger partial charge in [0.25, 0.3) is 0 Å². The van der Waals surface area contributed by atoms with E-state index in [4.69, 9.17) is 15.0 Å². The van der Waals surface area contributed by atoms with E-state index in [1.807, 2.05) is 48.5 Å². The molecule has 0 saturated heterocycles. The quantitative estimate of drug-likeness (QED) is 0.163. The van der Waals surface area contributed by atoms with Gasteiger partial charge in [-0.2, -0.15) is 0 Å². The maximum absolute atomic E-state index is 5.17. The highest BCUT2D eigenvalue weighted by molar-refractivity contribution is 6.14. The van der Waals surface area contributed by atoms with E-state index in [-0.39, 0.29) is 0 Å². The number of hydrogen-bond donors (Lipinski definition) is 0. The summed E-state index contributed by atoms with van der Waals surface area (Å²) < 4.78 is 0. The molecule has 0 aliphatic carbocycles. The number of benzene rings is 6. The predicted molar refractivity (Wildman–Crippen MR) is 221 cm³/mol. The van der Waals surface area contributed by atoms with Crippen LogP contribution < -0.4 is 0 Å². The molecule has 0 bridgehead atoms. The Kier molecular flexibility index (Phi) is 7.73. The van der Waals surface area contributed by atoms with Crippen LogP contribution in [-0.4, -0.2) is 24.9 Å². The molecule has 0 radical (unpaired) electrons. The molecule has 0 spiro atoms. The van der Waals surface area contributed by atoms with Crippen LogP contribution in [-0.2, 0) is 0 Å². The molecule has 10 aromatic rings. The SMILES string of the molecule is c1ccc(-c2cc(-c3cccc(-c4ccc(-c5cc(-c6ccccn6)nc(-c6ccccn6)n5)c5ccccc45)c3)c3c(ccc4ccccc43)n2)cc1. The zero-order chi connectivity index (χ0) is 35.8. The van der Waals surface area contributed by atoms with Crippen LogP contribution in [0, 0.1) is 0 Å². The second-order valence-electron chi connectivity index (χ2n) is 13.3. The normalized spacial score (nSPS) is 11.3. The minimum atomic E-state index is 0.557. The molecule has 0 N–H and O–H groups in total. The number of hydrogen-bond acceptors (Lipinski definition) is 5. The van der Waals surface area contributed by atoms with E-state index in [1.165, 1.54) is 10.8 Å². The number of aromatic nitrogens is 5. The summed E-state index contributed by atoms with van der Waals surface area (Å²) in [6, 6.07) is 61.1. The largest absolute Gasteiger partial charge is 0.255 e. The highest BCUT2D eigenvalue weighted by atomic mass is 14.9. The van der Waals surface area contributed by atoms with Gasteiger partial charge in [-0.3, -0.25) is 9.97 Å². The maximum atomic E-state index is 5.17. The summed E-state index contributed by atoms with van der Waals surface area (Å²) in [5.41, 5.74) is 11.7. The topological polar surface area (TPSA) is 64.5 Å². The van der Waals surface area contributed by atoms with Gasteiger partial charge in [-0.15, -0.1) is 0 Å². The van der Waals surface area contributed by atoms with Gasteiger partial charge in [-0.05, 0) is 92.3 Å². The van der Waals surface area contributed by atoms with Crippen LogP contribution in [0.3, 0.4) is 0 Å². The van der Waals surface area contributed by atoms with E-state index < -0.39 is 0 Å². The summed E-state index contributed by atoms with van der Waals surface area (Å²) in [6.07, 6.45) is 3.55. The molecule has 6 aromatic carbocycles. The Morgan fingerprint density at radius 1 is 0.315 bits per heavy atom. The van der Waals surface area contributed by atoms with Gasteiger partial charge in [0.1, 0.15) is 5.69 Å². The molecule has 0 aliphatic rings. The summed E-state index contributed by atoms with van der Waals surface area (Å²) in [5.74, 6) is 0.557. The molecule has 4 aromatic heterocycles. The minimum absolute atomic E-state index is 0.557. The van der Waals surface area contributed by atoms with Crippen molar-refractivity contribution >= 4 is 32.4 Å². The Hall–Kier alpha value is -7.37. The predicted octanol–water partition coefficient (Wildman–Crippen LogP) is 12.1. The lowest BCUT2D eigenvalue weighted by molar-refractivity contribution is 1.13. The first-order valence-electron chi connectivity index (χ1n) is 18.0. The molecule has 0 unspecified atom stereocenters. The van der Waals surface area contributed by atoms with E-state index in [0.717, 1.165) is 77.8 Å². The standard InChI is InChI=1S/C49H31N5/c1-2-14-33(15-3-1)45-30-41(48-37-18-5-4-13-32(37)23-26-43(48)52-45)35-17-12-16-34(29-35)36-24-25-40(39-20-7-6-19-38(36)39)46-31-47(42-21-8-10-27-50-42)54-49(53-46)44-22-9-11-28-51-44/h1-31H. The van der Waals surface area contributed by atoms with Crippen molar-refractivity contribution in [1.82, 2.24) is 24.9 Å². The van der Waals surface area contributed by atoms with Gasteiger partial charge in [-0.25, -0.2) is 15.0 Å². The van der Waals surface area contributed by atoms with Crippen molar-refractivity contribution in [3.8, 4) is 67.7 Å². The third-order valence-electron chi connectivity index (χ3n) is 10.00. The summed E-state index contributed by atoms with van der Waals surface area (Å²) >= 11 is 0. The van der Waals surface area contributed by atoms with E-state index in [9.17, 15) is 0 Å². The molecule has 5 nitrogen and oxygen atoms in total. The molecule has 0 fully saturated rings. The van der Waals surface area contributed by atoms with Gasteiger partial charge in [0.15, 0.2) is 5.82 Å². The van der Waals surface area contributed by atoms with Gasteiger partial charge in [-0.1, -0.05) is 127 Å². The molecule has 0 amide bonds. The molecule has 5 heteroatoms. The fraction of sp³-hybridized carbons (Fsp3) is 0. The Morgan fingerprint density at radius 3 is 1.72 bits per heavy atom. The zero-order valence-electron chi connectivity index (χ0n) is 29.1. The summed E-state index contributed by atoms with van der Waals surface area (Å²) in [4.78, 5) is 24.4. The Balaban J connectivity index is 1.15. The van der Waals surface area contributed by atoms with Crippen LogP contribution in [0.5, 0.6) is 0 Å². The van der Waals surface area contributed by atoms with E-state index in [2.05, 4.69) is 137 Å². The highest BCUT2D eigenvalue weighted by Crippen LogP contribution is 2.40. The molecule has 10 rings (SSSR count). The van der Waals surface area contributed by atoms with Gasteiger partial charge in [0.05, 0.1) is 28.3 Å². The number of fused-ring (bicyclic) bond motifs is 4. The lowest BCUT2D eigenvalue weighted by atomic mass is 9.90. The fourth-order valence-corrected chi connectivity index (χ4v) is 7.46. The molecule has 54 heavy (non-hydrogen) atoms. The summed E-state index contributed by atoms with van der Waals surface area (Å²) in [6.45, 7) is 0.